The molecule has 1 aromatic carbocycles. The Balaban J connectivity index is 2.50. The number of nitrogens with two attached hydrogens (primary N) is 1. The number of benzene rings is 1. The number of nitrogens with zero attached hydrogens (tertiary/aromatic N) is 1. The monoisotopic (exact) mass is 276 g/mol. The molecule has 0 fully saturated rings. The first-order valence-electron chi connectivity index (χ1n) is 5.99. The van der Waals surface area contributed by atoms with Gasteiger partial charge in [0, 0.05) is 5.56 Å². The van der Waals surface area contributed by atoms with E-state index >= 15 is 0 Å². The van der Waals surface area contributed by atoms with Gasteiger partial charge in [0.05, 0.1) is 10.6 Å². The van der Waals surface area contributed by atoms with Gasteiger partial charge in [0.15, 0.2) is 0 Å². The van der Waals surface area contributed by atoms with Gasteiger partial charge in [-0.1, -0.05) is 49.8 Å². The molecule has 18 heavy (non-hydrogen) atoms. The zero-order chi connectivity index (χ0) is 13.1. The van der Waals surface area contributed by atoms with E-state index in [2.05, 4.69) is 26.0 Å². The van der Waals surface area contributed by atoms with E-state index in [0.717, 1.165) is 28.4 Å². The molecular formula is C14H16N2S2. The molecule has 0 aliphatic carbocycles. The molecule has 2 nitrogen and oxygen atoms in total. The second kappa shape index (κ2) is 5.59. The van der Waals surface area contributed by atoms with Crippen LogP contribution in [-0.2, 0) is 6.42 Å². The average molecular weight is 276 g/mol. The van der Waals surface area contributed by atoms with Crippen LogP contribution in [0.25, 0.3) is 10.6 Å². The number of hydrogen-bond acceptors (Lipinski definition) is 3. The van der Waals surface area contributed by atoms with Crippen LogP contribution in [0.2, 0.25) is 0 Å². The van der Waals surface area contributed by atoms with Crippen molar-refractivity contribution in [3.05, 3.63) is 40.4 Å². The van der Waals surface area contributed by atoms with Gasteiger partial charge in [-0.15, -0.1) is 11.3 Å². The number of aryl methyl sites for hydroxylation is 2. The molecule has 94 valence electrons. The summed E-state index contributed by atoms with van der Waals surface area (Å²) in [5.74, 6) is 0. The Bertz CT molecular complexity index is 573. The first kappa shape index (κ1) is 13.2. The van der Waals surface area contributed by atoms with Crippen LogP contribution in [0.15, 0.2) is 24.3 Å². The van der Waals surface area contributed by atoms with E-state index in [1.807, 2.05) is 12.1 Å². The fraction of sp³-hybridized carbons (Fsp3) is 0.286. The molecule has 0 aliphatic heterocycles. The number of hydrogen-bond donors (Lipinski definition) is 1. The van der Waals surface area contributed by atoms with Crippen LogP contribution < -0.4 is 5.73 Å². The lowest BCUT2D eigenvalue weighted by atomic mass is 10.1. The molecule has 0 saturated heterocycles. The van der Waals surface area contributed by atoms with Gasteiger partial charge in [0.2, 0.25) is 0 Å². The highest BCUT2D eigenvalue weighted by Gasteiger charge is 2.14. The minimum atomic E-state index is 0.454. The standard InChI is InChI=1S/C14H16N2S2/c1-3-6-11-12(13(15)17)18-14(16-11)10-8-5-4-7-9(10)2/h4-5,7-8H,3,6H2,1-2H3,(H2,15,17). The Kier molecular flexibility index (Phi) is 4.09. The van der Waals surface area contributed by atoms with E-state index in [4.69, 9.17) is 22.9 Å². The fourth-order valence-electron chi connectivity index (χ4n) is 1.88. The van der Waals surface area contributed by atoms with Gasteiger partial charge >= 0.3 is 0 Å². The van der Waals surface area contributed by atoms with Crippen molar-refractivity contribution in [2.24, 2.45) is 5.73 Å². The Morgan fingerprint density at radius 3 is 2.72 bits per heavy atom. The highest BCUT2D eigenvalue weighted by atomic mass is 32.1. The molecule has 1 aromatic heterocycles. The van der Waals surface area contributed by atoms with Gasteiger partial charge < -0.3 is 5.73 Å². The van der Waals surface area contributed by atoms with Crippen LogP contribution in [-0.4, -0.2) is 9.97 Å². The lowest BCUT2D eigenvalue weighted by Gasteiger charge is -2.00. The smallest absolute Gasteiger partial charge is 0.124 e. The summed E-state index contributed by atoms with van der Waals surface area (Å²) in [4.78, 5) is 6.12. The van der Waals surface area contributed by atoms with Crippen LogP contribution in [0, 0.1) is 6.92 Å². The Labute approximate surface area is 117 Å². The van der Waals surface area contributed by atoms with Gasteiger partial charge in [0.25, 0.3) is 0 Å². The number of aromatic nitrogens is 1. The highest BCUT2D eigenvalue weighted by molar-refractivity contribution is 7.81. The maximum atomic E-state index is 5.78. The van der Waals surface area contributed by atoms with Crippen LogP contribution in [0.5, 0.6) is 0 Å². The molecule has 4 heteroatoms. The molecule has 0 bridgehead atoms. The van der Waals surface area contributed by atoms with E-state index in [1.54, 1.807) is 11.3 Å². The van der Waals surface area contributed by atoms with Crippen molar-refractivity contribution in [1.29, 1.82) is 0 Å². The molecule has 0 atom stereocenters. The van der Waals surface area contributed by atoms with E-state index in [0.29, 0.717) is 4.99 Å². The van der Waals surface area contributed by atoms with Crippen molar-refractivity contribution in [3.63, 3.8) is 0 Å². The van der Waals surface area contributed by atoms with E-state index in [1.165, 1.54) is 11.1 Å². The summed E-state index contributed by atoms with van der Waals surface area (Å²) in [5.41, 5.74) is 9.21. The summed E-state index contributed by atoms with van der Waals surface area (Å²) in [6, 6.07) is 8.25. The van der Waals surface area contributed by atoms with Gasteiger partial charge in [-0.3, -0.25) is 0 Å². The number of thiocarbonyl (C=S) groups is 1. The minimum absolute atomic E-state index is 0.454. The Hall–Kier alpha value is -1.26. The minimum Gasteiger partial charge on any atom is -0.389 e. The van der Waals surface area contributed by atoms with E-state index < -0.39 is 0 Å². The zero-order valence-corrected chi connectivity index (χ0v) is 12.2. The van der Waals surface area contributed by atoms with Crippen molar-refractivity contribution in [3.8, 4) is 10.6 Å². The Morgan fingerprint density at radius 1 is 1.39 bits per heavy atom. The third-order valence-electron chi connectivity index (χ3n) is 2.78. The molecule has 0 unspecified atom stereocenters. The third-order valence-corrected chi connectivity index (χ3v) is 4.28. The topological polar surface area (TPSA) is 38.9 Å². The van der Waals surface area contributed by atoms with Gasteiger partial charge in [-0.2, -0.15) is 0 Å². The van der Waals surface area contributed by atoms with Crippen LogP contribution >= 0.6 is 23.6 Å². The molecule has 1 heterocycles. The molecule has 0 radical (unpaired) electrons. The van der Waals surface area contributed by atoms with E-state index in [9.17, 15) is 0 Å². The molecule has 0 amide bonds. The quantitative estimate of drug-likeness (QED) is 0.865. The molecule has 2 rings (SSSR count). The predicted octanol–water partition coefficient (Wildman–Crippen LogP) is 3.71. The van der Waals surface area contributed by atoms with Crippen molar-refractivity contribution >= 4 is 28.5 Å². The molecule has 0 aliphatic rings. The maximum Gasteiger partial charge on any atom is 0.124 e. The SMILES string of the molecule is CCCc1nc(-c2ccccc2C)sc1C(N)=S. The normalized spacial score (nSPS) is 10.6. The van der Waals surface area contributed by atoms with Gasteiger partial charge in [0.1, 0.15) is 10.00 Å². The maximum absolute atomic E-state index is 5.78. The number of rotatable bonds is 4. The van der Waals surface area contributed by atoms with Crippen molar-refractivity contribution < 1.29 is 0 Å². The first-order chi connectivity index (χ1) is 8.63. The predicted molar refractivity (Wildman–Crippen MR) is 82.2 cm³/mol. The molecule has 0 saturated carbocycles. The molecular weight excluding hydrogens is 260 g/mol. The fourth-order valence-corrected chi connectivity index (χ4v) is 3.18. The zero-order valence-electron chi connectivity index (χ0n) is 10.6. The summed E-state index contributed by atoms with van der Waals surface area (Å²) >= 11 is 6.71. The van der Waals surface area contributed by atoms with Crippen molar-refractivity contribution in [2.45, 2.75) is 26.7 Å². The highest BCUT2D eigenvalue weighted by Crippen LogP contribution is 2.30. The van der Waals surface area contributed by atoms with Crippen LogP contribution in [0.1, 0.15) is 29.5 Å². The second-order valence-electron chi connectivity index (χ2n) is 4.22. The van der Waals surface area contributed by atoms with Crippen LogP contribution in [0.4, 0.5) is 0 Å². The summed E-state index contributed by atoms with van der Waals surface area (Å²) < 4.78 is 0. The van der Waals surface area contributed by atoms with E-state index in [-0.39, 0.29) is 0 Å². The van der Waals surface area contributed by atoms with Gasteiger partial charge in [-0.25, -0.2) is 4.98 Å². The summed E-state index contributed by atoms with van der Waals surface area (Å²) in [6.07, 6.45) is 1.97. The van der Waals surface area contributed by atoms with Crippen molar-refractivity contribution in [2.75, 3.05) is 0 Å². The molecule has 0 spiro atoms. The molecule has 2 N–H and O–H groups in total. The van der Waals surface area contributed by atoms with Crippen molar-refractivity contribution in [1.82, 2.24) is 4.98 Å². The summed E-state index contributed by atoms with van der Waals surface area (Å²) in [7, 11) is 0. The second-order valence-corrected chi connectivity index (χ2v) is 5.66. The molecule has 2 aromatic rings. The van der Waals surface area contributed by atoms with Crippen LogP contribution in [0.3, 0.4) is 0 Å². The third kappa shape index (κ3) is 2.60. The summed E-state index contributed by atoms with van der Waals surface area (Å²) in [5, 5.41) is 1.01. The number of thiazole rings is 1. The first-order valence-corrected chi connectivity index (χ1v) is 7.21. The Morgan fingerprint density at radius 2 is 2.11 bits per heavy atom. The summed E-state index contributed by atoms with van der Waals surface area (Å²) in [6.45, 7) is 4.23. The average Bonchev–Trinajstić information content (AvgIpc) is 2.74. The largest absolute Gasteiger partial charge is 0.389 e. The lowest BCUT2D eigenvalue weighted by Crippen LogP contribution is -2.09. The van der Waals surface area contributed by atoms with Gasteiger partial charge in [-0.05, 0) is 18.9 Å². The lowest BCUT2D eigenvalue weighted by molar-refractivity contribution is 0.891.